The predicted molar refractivity (Wildman–Crippen MR) is 190 cm³/mol. The zero-order valence-corrected chi connectivity index (χ0v) is 27.3. The summed E-state index contributed by atoms with van der Waals surface area (Å²) in [5.74, 6) is 3.02. The molecule has 0 aliphatic heterocycles. The highest BCUT2D eigenvalue weighted by molar-refractivity contribution is 6.09. The van der Waals surface area contributed by atoms with Gasteiger partial charge in [-0.1, -0.05) is 69.7 Å². The standard InChI is InChI=1S/C41H40N4O/c1-6-30-20-28(5)21-31(7-2)41(30)32-25-43-44(26-32)33-11-10-12-34(23-33)46-35-15-16-37-36-13-8-9-14-38(36)45(39(37)24-35)40-22-29(17-18-42-40)19-27(3)4/h8-18,20-27H,6-7,19H2,1-5H3. The third kappa shape index (κ3) is 5.58. The molecule has 230 valence electrons. The van der Waals surface area contributed by atoms with Crippen molar-refractivity contribution in [1.82, 2.24) is 19.3 Å². The minimum Gasteiger partial charge on any atom is -0.457 e. The molecule has 0 spiro atoms. The Bertz CT molecular complexity index is 2160. The Morgan fingerprint density at radius 3 is 2.30 bits per heavy atom. The summed E-state index contributed by atoms with van der Waals surface area (Å²) in [6, 6.07) is 31.9. The van der Waals surface area contributed by atoms with Gasteiger partial charge in [0.05, 0.1) is 22.9 Å². The summed E-state index contributed by atoms with van der Waals surface area (Å²) >= 11 is 0. The van der Waals surface area contributed by atoms with E-state index in [4.69, 9.17) is 14.8 Å². The van der Waals surface area contributed by atoms with E-state index in [9.17, 15) is 0 Å². The van der Waals surface area contributed by atoms with Gasteiger partial charge in [0, 0.05) is 40.9 Å². The maximum absolute atomic E-state index is 6.51. The molecule has 7 rings (SSSR count). The van der Waals surface area contributed by atoms with E-state index in [0.29, 0.717) is 5.92 Å². The summed E-state index contributed by atoms with van der Waals surface area (Å²) in [7, 11) is 0. The first-order valence-electron chi connectivity index (χ1n) is 16.4. The van der Waals surface area contributed by atoms with Gasteiger partial charge in [0.15, 0.2) is 0 Å². The quantitative estimate of drug-likeness (QED) is 0.165. The lowest BCUT2D eigenvalue weighted by Crippen LogP contribution is -2.01. The highest BCUT2D eigenvalue weighted by atomic mass is 16.5. The van der Waals surface area contributed by atoms with E-state index in [1.165, 1.54) is 38.6 Å². The molecule has 3 heterocycles. The summed E-state index contributed by atoms with van der Waals surface area (Å²) in [4.78, 5) is 4.81. The number of rotatable bonds is 9. The lowest BCUT2D eigenvalue weighted by atomic mass is 9.91. The van der Waals surface area contributed by atoms with Crippen molar-refractivity contribution >= 4 is 21.8 Å². The summed E-state index contributed by atoms with van der Waals surface area (Å²) < 4.78 is 10.7. The molecule has 0 saturated heterocycles. The van der Waals surface area contributed by atoms with Crippen LogP contribution in [0.5, 0.6) is 11.5 Å². The van der Waals surface area contributed by atoms with Gasteiger partial charge in [-0.3, -0.25) is 4.57 Å². The SMILES string of the molecule is CCc1cc(C)cc(CC)c1-c1cnn(-c2cccc(Oc3ccc4c5ccccc5n(-c5cc(CC(C)C)ccn5)c4c3)c2)c1. The molecule has 0 atom stereocenters. The van der Waals surface area contributed by atoms with Gasteiger partial charge in [-0.05, 0) is 96.8 Å². The minimum absolute atomic E-state index is 0.572. The van der Waals surface area contributed by atoms with Crippen molar-refractivity contribution in [2.45, 2.75) is 53.9 Å². The number of ether oxygens (including phenoxy) is 1. The van der Waals surface area contributed by atoms with Crippen molar-refractivity contribution in [3.05, 3.63) is 132 Å². The summed E-state index contributed by atoms with van der Waals surface area (Å²) in [5, 5.41) is 7.14. The molecular weight excluding hydrogens is 564 g/mol. The Kier molecular flexibility index (Phi) is 7.91. The molecule has 0 radical (unpaired) electrons. The Labute approximate surface area is 271 Å². The van der Waals surface area contributed by atoms with E-state index in [2.05, 4.69) is 118 Å². The second-order valence-electron chi connectivity index (χ2n) is 12.6. The minimum atomic E-state index is 0.572. The van der Waals surface area contributed by atoms with E-state index >= 15 is 0 Å². The van der Waals surface area contributed by atoms with Gasteiger partial charge in [-0.15, -0.1) is 0 Å². The number of hydrogen-bond donors (Lipinski definition) is 0. The second-order valence-corrected chi connectivity index (χ2v) is 12.6. The fourth-order valence-corrected chi connectivity index (χ4v) is 6.73. The van der Waals surface area contributed by atoms with E-state index in [0.717, 1.165) is 58.9 Å². The van der Waals surface area contributed by atoms with Crippen molar-refractivity contribution in [3.63, 3.8) is 0 Å². The van der Waals surface area contributed by atoms with E-state index in [1.807, 2.05) is 35.3 Å². The molecule has 0 aliphatic rings. The highest BCUT2D eigenvalue weighted by Gasteiger charge is 2.16. The van der Waals surface area contributed by atoms with Gasteiger partial charge in [-0.2, -0.15) is 5.10 Å². The second kappa shape index (κ2) is 12.3. The third-order valence-electron chi connectivity index (χ3n) is 8.73. The van der Waals surface area contributed by atoms with Gasteiger partial charge in [0.25, 0.3) is 0 Å². The highest BCUT2D eigenvalue weighted by Crippen LogP contribution is 2.36. The maximum Gasteiger partial charge on any atom is 0.137 e. The maximum atomic E-state index is 6.51. The van der Waals surface area contributed by atoms with Crippen molar-refractivity contribution in [2.75, 3.05) is 0 Å². The van der Waals surface area contributed by atoms with Crippen LogP contribution in [0.15, 0.2) is 110 Å². The molecule has 46 heavy (non-hydrogen) atoms. The molecule has 5 nitrogen and oxygen atoms in total. The fraction of sp³-hybridized carbons (Fsp3) is 0.220. The summed E-state index contributed by atoms with van der Waals surface area (Å²) in [5.41, 5.74) is 10.9. The lowest BCUT2D eigenvalue weighted by molar-refractivity contribution is 0.483. The van der Waals surface area contributed by atoms with Crippen LogP contribution in [0.3, 0.4) is 0 Å². The number of para-hydroxylation sites is 1. The molecule has 4 aromatic carbocycles. The molecule has 0 unspecified atom stereocenters. The zero-order chi connectivity index (χ0) is 31.8. The van der Waals surface area contributed by atoms with Crippen molar-refractivity contribution in [2.24, 2.45) is 5.92 Å². The largest absolute Gasteiger partial charge is 0.457 e. The van der Waals surface area contributed by atoms with Gasteiger partial charge in [0.1, 0.15) is 17.3 Å². The average molecular weight is 605 g/mol. The van der Waals surface area contributed by atoms with E-state index in [1.54, 1.807) is 0 Å². The van der Waals surface area contributed by atoms with Gasteiger partial charge in [0.2, 0.25) is 0 Å². The van der Waals surface area contributed by atoms with Crippen LogP contribution in [0.1, 0.15) is 49.9 Å². The predicted octanol–water partition coefficient (Wildman–Crippen LogP) is 10.5. The molecule has 3 aromatic heterocycles. The first-order chi connectivity index (χ1) is 22.4. The average Bonchev–Trinajstić information content (AvgIpc) is 3.67. The van der Waals surface area contributed by atoms with Crippen LogP contribution in [0, 0.1) is 12.8 Å². The fourth-order valence-electron chi connectivity index (χ4n) is 6.73. The summed E-state index contributed by atoms with van der Waals surface area (Å²) in [6.45, 7) is 11.1. The van der Waals surface area contributed by atoms with Crippen molar-refractivity contribution in [1.29, 1.82) is 0 Å². The van der Waals surface area contributed by atoms with Crippen LogP contribution >= 0.6 is 0 Å². The van der Waals surface area contributed by atoms with Gasteiger partial charge < -0.3 is 4.74 Å². The molecule has 0 amide bonds. The Morgan fingerprint density at radius 2 is 1.52 bits per heavy atom. The number of benzene rings is 4. The Morgan fingerprint density at radius 1 is 0.761 bits per heavy atom. The number of aromatic nitrogens is 4. The van der Waals surface area contributed by atoms with Crippen LogP contribution in [0.4, 0.5) is 0 Å². The van der Waals surface area contributed by atoms with Gasteiger partial charge >= 0.3 is 0 Å². The van der Waals surface area contributed by atoms with Crippen LogP contribution < -0.4 is 4.74 Å². The van der Waals surface area contributed by atoms with Crippen LogP contribution in [-0.2, 0) is 19.3 Å². The number of fused-ring (bicyclic) bond motifs is 3. The number of pyridine rings is 1. The zero-order valence-electron chi connectivity index (χ0n) is 27.3. The normalized spacial score (nSPS) is 11.6. The number of nitrogens with zero attached hydrogens (tertiary/aromatic N) is 4. The smallest absolute Gasteiger partial charge is 0.137 e. The number of aryl methyl sites for hydroxylation is 3. The monoisotopic (exact) mass is 604 g/mol. The molecular formula is C41H40N4O. The molecule has 0 saturated carbocycles. The van der Waals surface area contributed by atoms with E-state index < -0.39 is 0 Å². The third-order valence-corrected chi connectivity index (χ3v) is 8.73. The summed E-state index contributed by atoms with van der Waals surface area (Å²) in [6.07, 6.45) is 9.02. The molecule has 0 aliphatic carbocycles. The lowest BCUT2D eigenvalue weighted by Gasteiger charge is -2.13. The van der Waals surface area contributed by atoms with Crippen molar-refractivity contribution in [3.8, 4) is 34.1 Å². The van der Waals surface area contributed by atoms with Crippen LogP contribution in [0.2, 0.25) is 0 Å². The van der Waals surface area contributed by atoms with Gasteiger partial charge in [-0.25, -0.2) is 9.67 Å². The van der Waals surface area contributed by atoms with E-state index in [-0.39, 0.29) is 0 Å². The molecule has 0 fully saturated rings. The molecule has 5 heteroatoms. The Hall–Kier alpha value is -5.16. The first-order valence-corrected chi connectivity index (χ1v) is 16.4. The number of hydrogen-bond acceptors (Lipinski definition) is 3. The van der Waals surface area contributed by atoms with Crippen molar-refractivity contribution < 1.29 is 4.74 Å². The first kappa shape index (κ1) is 29.5. The van der Waals surface area contributed by atoms with Crippen LogP contribution in [0.25, 0.3) is 44.4 Å². The van der Waals surface area contributed by atoms with Crippen LogP contribution in [-0.4, -0.2) is 19.3 Å². The molecule has 7 aromatic rings. The Balaban J connectivity index is 1.24. The molecule has 0 N–H and O–H groups in total. The molecule has 0 bridgehead atoms. The topological polar surface area (TPSA) is 44.9 Å².